The number of sulfonamides is 1. The summed E-state index contributed by atoms with van der Waals surface area (Å²) in [5.74, 6) is -0.309. The molecular weight excluding hydrogens is 276 g/mol. The van der Waals surface area contributed by atoms with Gasteiger partial charge in [-0.25, -0.2) is 8.42 Å². The lowest BCUT2D eigenvalue weighted by atomic mass is 10.1. The Morgan fingerprint density at radius 1 is 1.30 bits per heavy atom. The van der Waals surface area contributed by atoms with E-state index in [9.17, 15) is 13.2 Å². The van der Waals surface area contributed by atoms with E-state index in [0.29, 0.717) is 12.1 Å². The summed E-state index contributed by atoms with van der Waals surface area (Å²) in [6.07, 6.45) is 1.52. The summed E-state index contributed by atoms with van der Waals surface area (Å²) < 4.78 is 25.4. The Labute approximate surface area is 121 Å². The summed E-state index contributed by atoms with van der Waals surface area (Å²) in [5.41, 5.74) is 2.59. The summed E-state index contributed by atoms with van der Waals surface area (Å²) in [6.45, 7) is 5.67. The van der Waals surface area contributed by atoms with Gasteiger partial charge in [0.05, 0.1) is 11.9 Å². The number of aryl methyl sites for hydroxylation is 2. The Balaban J connectivity index is 3.39. The largest absolute Gasteiger partial charge is 0.357 e. The van der Waals surface area contributed by atoms with Crippen LogP contribution in [0, 0.1) is 13.8 Å². The molecule has 20 heavy (non-hydrogen) atoms. The zero-order chi connectivity index (χ0) is 15.5. The number of likely N-dealkylation sites (N-methyl/N-ethyl adjacent to an activating group) is 1. The lowest BCUT2D eigenvalue weighted by Crippen LogP contribution is -2.48. The molecule has 0 heterocycles. The molecule has 0 fully saturated rings. The number of hydrogen-bond acceptors (Lipinski definition) is 3. The molecule has 6 heteroatoms. The number of nitrogens with zero attached hydrogens (tertiary/aromatic N) is 1. The van der Waals surface area contributed by atoms with Crippen molar-refractivity contribution in [3.63, 3.8) is 0 Å². The second-order valence-electron chi connectivity index (χ2n) is 4.87. The molecule has 0 aromatic heterocycles. The molecule has 0 aliphatic carbocycles. The van der Waals surface area contributed by atoms with Gasteiger partial charge in [-0.1, -0.05) is 13.0 Å². The lowest BCUT2D eigenvalue weighted by molar-refractivity contribution is -0.121. The van der Waals surface area contributed by atoms with Gasteiger partial charge in [-0.05, 0) is 43.5 Å². The normalized spacial score (nSPS) is 12.8. The first-order valence-electron chi connectivity index (χ1n) is 6.50. The van der Waals surface area contributed by atoms with Gasteiger partial charge in [-0.15, -0.1) is 0 Å². The molecule has 1 rings (SSSR count). The molecule has 112 valence electrons. The molecule has 1 atom stereocenters. The molecule has 0 aliphatic rings. The van der Waals surface area contributed by atoms with Gasteiger partial charge < -0.3 is 5.32 Å². The van der Waals surface area contributed by atoms with Crippen molar-refractivity contribution in [3.8, 4) is 0 Å². The summed E-state index contributed by atoms with van der Waals surface area (Å²) in [6, 6.07) is 4.65. The third-order valence-electron chi connectivity index (χ3n) is 3.32. The van der Waals surface area contributed by atoms with E-state index in [0.717, 1.165) is 17.4 Å². The van der Waals surface area contributed by atoms with E-state index >= 15 is 0 Å². The fourth-order valence-electron chi connectivity index (χ4n) is 2.09. The second-order valence-corrected chi connectivity index (χ2v) is 6.73. The van der Waals surface area contributed by atoms with Crippen molar-refractivity contribution in [2.45, 2.75) is 33.2 Å². The molecule has 0 saturated heterocycles. The summed E-state index contributed by atoms with van der Waals surface area (Å²) in [4.78, 5) is 11.9. The molecule has 1 aromatic carbocycles. The Morgan fingerprint density at radius 2 is 1.90 bits per heavy atom. The topological polar surface area (TPSA) is 66.5 Å². The van der Waals surface area contributed by atoms with Crippen LogP contribution < -0.4 is 9.62 Å². The standard InChI is InChI=1S/C14H22N2O3S/c1-6-13(14(17)15-4)16(20(5,18)19)12-8-7-10(2)11(3)9-12/h7-9,13H,6H2,1-5H3,(H,15,17)/t13-/m0/s1. The Hall–Kier alpha value is -1.56. The van der Waals surface area contributed by atoms with Crippen LogP contribution in [0.2, 0.25) is 0 Å². The number of benzene rings is 1. The predicted octanol–water partition coefficient (Wildman–Crippen LogP) is 1.59. The third kappa shape index (κ3) is 3.50. The van der Waals surface area contributed by atoms with Crippen LogP contribution in [0.4, 0.5) is 5.69 Å². The van der Waals surface area contributed by atoms with Gasteiger partial charge in [0.1, 0.15) is 6.04 Å². The lowest BCUT2D eigenvalue weighted by Gasteiger charge is -2.30. The number of carbonyl (C=O) groups is 1. The number of amides is 1. The molecule has 0 unspecified atom stereocenters. The molecular formula is C14H22N2O3S. The summed E-state index contributed by atoms with van der Waals surface area (Å²) in [7, 11) is -2.04. The van der Waals surface area contributed by atoms with Crippen molar-refractivity contribution in [2.24, 2.45) is 0 Å². The highest BCUT2D eigenvalue weighted by molar-refractivity contribution is 7.92. The van der Waals surface area contributed by atoms with Gasteiger partial charge in [0.15, 0.2) is 0 Å². The maximum Gasteiger partial charge on any atom is 0.243 e. The molecule has 1 N–H and O–H groups in total. The Morgan fingerprint density at radius 3 is 2.30 bits per heavy atom. The molecule has 0 spiro atoms. The van der Waals surface area contributed by atoms with E-state index in [1.54, 1.807) is 19.1 Å². The molecule has 0 aliphatic heterocycles. The fraction of sp³-hybridized carbons (Fsp3) is 0.500. The highest BCUT2D eigenvalue weighted by Gasteiger charge is 2.30. The molecule has 0 radical (unpaired) electrons. The minimum atomic E-state index is -3.54. The summed E-state index contributed by atoms with van der Waals surface area (Å²) in [5, 5.41) is 2.52. The van der Waals surface area contributed by atoms with Gasteiger partial charge in [0.2, 0.25) is 15.9 Å². The minimum Gasteiger partial charge on any atom is -0.357 e. The molecule has 5 nitrogen and oxygen atoms in total. The zero-order valence-electron chi connectivity index (χ0n) is 12.6. The number of carbonyl (C=O) groups excluding carboxylic acids is 1. The second kappa shape index (κ2) is 6.26. The van der Waals surface area contributed by atoms with Crippen LogP contribution >= 0.6 is 0 Å². The first-order chi connectivity index (χ1) is 9.22. The van der Waals surface area contributed by atoms with Crippen LogP contribution in [-0.4, -0.2) is 33.7 Å². The summed E-state index contributed by atoms with van der Waals surface area (Å²) >= 11 is 0. The zero-order valence-corrected chi connectivity index (χ0v) is 13.4. The maximum absolute atomic E-state index is 12.1. The van der Waals surface area contributed by atoms with Crippen molar-refractivity contribution < 1.29 is 13.2 Å². The van der Waals surface area contributed by atoms with Gasteiger partial charge in [-0.2, -0.15) is 0 Å². The monoisotopic (exact) mass is 298 g/mol. The quantitative estimate of drug-likeness (QED) is 0.898. The van der Waals surface area contributed by atoms with E-state index in [1.165, 1.54) is 11.4 Å². The van der Waals surface area contributed by atoms with E-state index < -0.39 is 16.1 Å². The number of hydrogen-bond donors (Lipinski definition) is 1. The van der Waals surface area contributed by atoms with Gasteiger partial charge in [0, 0.05) is 7.05 Å². The number of rotatable bonds is 5. The van der Waals surface area contributed by atoms with Crippen molar-refractivity contribution in [3.05, 3.63) is 29.3 Å². The van der Waals surface area contributed by atoms with E-state index in [-0.39, 0.29) is 5.91 Å². The van der Waals surface area contributed by atoms with Crippen molar-refractivity contribution in [2.75, 3.05) is 17.6 Å². The highest BCUT2D eigenvalue weighted by Crippen LogP contribution is 2.24. The van der Waals surface area contributed by atoms with Crippen LogP contribution in [0.5, 0.6) is 0 Å². The molecule has 1 amide bonds. The van der Waals surface area contributed by atoms with Crippen LogP contribution in [0.25, 0.3) is 0 Å². The molecule has 0 saturated carbocycles. The van der Waals surface area contributed by atoms with Crippen LogP contribution in [0.3, 0.4) is 0 Å². The van der Waals surface area contributed by atoms with Crippen LogP contribution in [0.15, 0.2) is 18.2 Å². The Kier molecular flexibility index (Phi) is 5.16. The number of nitrogens with one attached hydrogen (secondary N) is 1. The van der Waals surface area contributed by atoms with Gasteiger partial charge in [0.25, 0.3) is 0 Å². The van der Waals surface area contributed by atoms with Crippen molar-refractivity contribution >= 4 is 21.6 Å². The fourth-order valence-corrected chi connectivity index (χ4v) is 3.29. The average Bonchev–Trinajstić information content (AvgIpc) is 2.37. The smallest absolute Gasteiger partial charge is 0.243 e. The van der Waals surface area contributed by atoms with Crippen molar-refractivity contribution in [1.29, 1.82) is 0 Å². The van der Waals surface area contributed by atoms with E-state index in [2.05, 4.69) is 5.32 Å². The van der Waals surface area contributed by atoms with Gasteiger partial charge in [-0.3, -0.25) is 9.10 Å². The van der Waals surface area contributed by atoms with Crippen molar-refractivity contribution in [1.82, 2.24) is 5.32 Å². The molecule has 0 bridgehead atoms. The average molecular weight is 298 g/mol. The maximum atomic E-state index is 12.1. The van der Waals surface area contributed by atoms with E-state index in [4.69, 9.17) is 0 Å². The van der Waals surface area contributed by atoms with Gasteiger partial charge >= 0.3 is 0 Å². The third-order valence-corrected chi connectivity index (χ3v) is 4.50. The predicted molar refractivity (Wildman–Crippen MR) is 81.4 cm³/mol. The minimum absolute atomic E-state index is 0.309. The van der Waals surface area contributed by atoms with Crippen LogP contribution in [0.1, 0.15) is 24.5 Å². The first kappa shape index (κ1) is 16.5. The SMILES string of the molecule is CC[C@@H](C(=O)NC)N(c1ccc(C)c(C)c1)S(C)(=O)=O. The highest BCUT2D eigenvalue weighted by atomic mass is 32.2. The van der Waals surface area contributed by atoms with E-state index in [1.807, 2.05) is 19.9 Å². The van der Waals surface area contributed by atoms with Crippen LogP contribution in [-0.2, 0) is 14.8 Å². The number of anilines is 1. The molecule has 1 aromatic rings. The first-order valence-corrected chi connectivity index (χ1v) is 8.35. The Bertz CT molecular complexity index is 596.